The Hall–Kier alpha value is -1.02. The minimum absolute atomic E-state index is 0.00907. The highest BCUT2D eigenvalue weighted by atomic mass is 35.5. The van der Waals surface area contributed by atoms with Gasteiger partial charge in [-0.2, -0.15) is 4.98 Å². The summed E-state index contributed by atoms with van der Waals surface area (Å²) in [6.07, 6.45) is 0. The number of aryl methyl sites for hydroxylation is 1. The Bertz CT molecular complexity index is 545. The number of rotatable bonds is 2. The third-order valence-electron chi connectivity index (χ3n) is 1.99. The lowest BCUT2D eigenvalue weighted by Crippen LogP contribution is -2.21. The largest absolute Gasteiger partial charge is 0.708 e. The van der Waals surface area contributed by atoms with Crippen molar-refractivity contribution in [2.24, 2.45) is 7.05 Å². The Morgan fingerprint density at radius 1 is 1.38 bits per heavy atom. The second-order valence-corrected chi connectivity index (χ2v) is 3.70. The lowest BCUT2D eigenvalue weighted by Gasteiger charge is -2.04. The Morgan fingerprint density at radius 3 is 2.69 bits per heavy atom. The molecular formula is C7H6BCl2N3O3. The summed E-state index contributed by atoms with van der Waals surface area (Å²) in [7, 11) is -0.287. The zero-order valence-corrected chi connectivity index (χ0v) is 9.57. The van der Waals surface area contributed by atoms with Crippen LogP contribution >= 0.6 is 23.2 Å². The topological polar surface area (TPSA) is 80.4 Å². The van der Waals surface area contributed by atoms with Crippen LogP contribution in [0.2, 0.25) is 10.4 Å². The van der Waals surface area contributed by atoms with Gasteiger partial charge in [-0.15, -0.1) is 0 Å². The lowest BCUT2D eigenvalue weighted by molar-refractivity contribution is 0.279. The fraction of sp³-hybridized carbons (Fsp3) is 0.143. The smallest absolute Gasteiger partial charge is 0.499 e. The van der Waals surface area contributed by atoms with Gasteiger partial charge in [0.1, 0.15) is 10.8 Å². The van der Waals surface area contributed by atoms with Gasteiger partial charge >= 0.3 is 7.32 Å². The number of halogens is 2. The van der Waals surface area contributed by atoms with Crippen molar-refractivity contribution in [3.8, 4) is 5.88 Å². The molecule has 0 aliphatic rings. The molecule has 2 heterocycles. The van der Waals surface area contributed by atoms with Crippen molar-refractivity contribution in [1.29, 1.82) is 0 Å². The monoisotopic (exact) mass is 261 g/mol. The maximum absolute atomic E-state index is 8.70. The Balaban J connectivity index is 2.63. The predicted molar refractivity (Wildman–Crippen MR) is 59.3 cm³/mol. The van der Waals surface area contributed by atoms with E-state index in [-0.39, 0.29) is 16.3 Å². The van der Waals surface area contributed by atoms with E-state index in [0.717, 1.165) is 0 Å². The minimum Gasteiger partial charge on any atom is -0.499 e. The highest BCUT2D eigenvalue weighted by molar-refractivity contribution is 6.36. The molecule has 0 fully saturated rings. The highest BCUT2D eigenvalue weighted by Gasteiger charge is 2.18. The van der Waals surface area contributed by atoms with Gasteiger partial charge in [0.2, 0.25) is 5.28 Å². The van der Waals surface area contributed by atoms with Crippen molar-refractivity contribution >= 4 is 41.6 Å². The first-order valence-electron chi connectivity index (χ1n) is 4.20. The van der Waals surface area contributed by atoms with Gasteiger partial charge in [0.05, 0.1) is 5.39 Å². The zero-order chi connectivity index (χ0) is 11.9. The maximum atomic E-state index is 8.70. The van der Waals surface area contributed by atoms with Crippen molar-refractivity contribution in [2.45, 2.75) is 0 Å². The molecule has 0 aliphatic carbocycles. The van der Waals surface area contributed by atoms with Crippen molar-refractivity contribution in [3.63, 3.8) is 0 Å². The molecule has 84 valence electrons. The lowest BCUT2D eigenvalue weighted by atomic mass is 10.3. The van der Waals surface area contributed by atoms with Gasteiger partial charge in [-0.05, 0) is 11.6 Å². The molecule has 0 spiro atoms. The summed E-state index contributed by atoms with van der Waals surface area (Å²) in [6.45, 7) is 0. The average Bonchev–Trinajstić information content (AvgIpc) is 2.45. The molecule has 0 radical (unpaired) electrons. The standard InChI is InChI=1S/C7H6BCl2N3O3/c1-13-4(16-8(14)15)2-3-5(9)11-7(10)12-6(3)13/h2,14-15H,1H3. The van der Waals surface area contributed by atoms with E-state index in [4.69, 9.17) is 37.9 Å². The summed E-state index contributed by atoms with van der Waals surface area (Å²) < 4.78 is 6.21. The number of aromatic nitrogens is 3. The van der Waals surface area contributed by atoms with E-state index in [1.807, 2.05) is 0 Å². The second kappa shape index (κ2) is 4.10. The Kier molecular flexibility index (Phi) is 2.94. The molecule has 9 heteroatoms. The van der Waals surface area contributed by atoms with Crippen LogP contribution in [-0.4, -0.2) is 31.9 Å². The van der Waals surface area contributed by atoms with Crippen LogP contribution in [0.3, 0.4) is 0 Å². The summed E-state index contributed by atoms with van der Waals surface area (Å²) in [5, 5.41) is 18.1. The van der Waals surface area contributed by atoms with Gasteiger partial charge < -0.3 is 19.3 Å². The van der Waals surface area contributed by atoms with E-state index >= 15 is 0 Å². The maximum Gasteiger partial charge on any atom is 0.708 e. The molecule has 0 amide bonds. The van der Waals surface area contributed by atoms with Crippen molar-refractivity contribution in [1.82, 2.24) is 14.5 Å². The summed E-state index contributed by atoms with van der Waals surface area (Å²) in [6, 6.07) is 1.49. The molecule has 2 N–H and O–H groups in total. The van der Waals surface area contributed by atoms with Crippen LogP contribution in [0.25, 0.3) is 11.0 Å². The molecule has 6 nitrogen and oxygen atoms in total. The van der Waals surface area contributed by atoms with Crippen LogP contribution in [-0.2, 0) is 7.05 Å². The first-order valence-corrected chi connectivity index (χ1v) is 4.96. The molecule has 0 saturated heterocycles. The quantitative estimate of drug-likeness (QED) is 0.471. The fourth-order valence-corrected chi connectivity index (χ4v) is 1.76. The molecule has 16 heavy (non-hydrogen) atoms. The molecule has 0 unspecified atom stereocenters. The predicted octanol–water partition coefficient (Wildman–Crippen LogP) is 0.623. The first kappa shape index (κ1) is 11.5. The third-order valence-corrected chi connectivity index (χ3v) is 2.45. The van der Waals surface area contributed by atoms with Crippen molar-refractivity contribution < 1.29 is 14.7 Å². The number of hydrogen-bond donors (Lipinski definition) is 2. The summed E-state index contributed by atoms with van der Waals surface area (Å²) in [5.41, 5.74) is 0.445. The minimum atomic E-state index is -1.91. The van der Waals surface area contributed by atoms with E-state index in [9.17, 15) is 0 Å². The molecule has 0 bridgehead atoms. The van der Waals surface area contributed by atoms with E-state index in [1.165, 1.54) is 10.6 Å². The van der Waals surface area contributed by atoms with Crippen molar-refractivity contribution in [2.75, 3.05) is 0 Å². The van der Waals surface area contributed by atoms with Gasteiger partial charge in [-0.3, -0.25) is 0 Å². The summed E-state index contributed by atoms with van der Waals surface area (Å²) in [4.78, 5) is 7.71. The number of nitrogens with zero attached hydrogens (tertiary/aromatic N) is 3. The summed E-state index contributed by atoms with van der Waals surface area (Å²) >= 11 is 11.5. The third kappa shape index (κ3) is 1.94. The second-order valence-electron chi connectivity index (χ2n) is 3.01. The Labute approximate surface area is 101 Å². The number of fused-ring (bicyclic) bond motifs is 1. The van der Waals surface area contributed by atoms with Crippen LogP contribution in [0.1, 0.15) is 0 Å². The van der Waals surface area contributed by atoms with E-state index < -0.39 is 7.32 Å². The molecule has 0 aromatic carbocycles. The summed E-state index contributed by atoms with van der Waals surface area (Å²) in [5.74, 6) is 0.198. The first-order chi connectivity index (χ1) is 7.49. The zero-order valence-electron chi connectivity index (χ0n) is 8.05. The molecule has 2 aromatic heterocycles. The van der Waals surface area contributed by atoms with E-state index in [1.54, 1.807) is 7.05 Å². The van der Waals surface area contributed by atoms with Crippen LogP contribution in [0.15, 0.2) is 6.07 Å². The van der Waals surface area contributed by atoms with Gasteiger partial charge in [0.25, 0.3) is 0 Å². The molecule has 0 aliphatic heterocycles. The number of hydrogen-bond acceptors (Lipinski definition) is 5. The van der Waals surface area contributed by atoms with Gasteiger partial charge in [0.15, 0.2) is 5.88 Å². The van der Waals surface area contributed by atoms with Crippen LogP contribution in [0, 0.1) is 0 Å². The van der Waals surface area contributed by atoms with E-state index in [2.05, 4.69) is 9.97 Å². The van der Waals surface area contributed by atoms with Crippen LogP contribution in [0.4, 0.5) is 0 Å². The molecular weight excluding hydrogens is 256 g/mol. The van der Waals surface area contributed by atoms with Crippen LogP contribution < -0.4 is 4.65 Å². The molecule has 0 saturated carbocycles. The molecule has 0 atom stereocenters. The fourth-order valence-electron chi connectivity index (χ4n) is 1.33. The normalized spacial score (nSPS) is 10.8. The van der Waals surface area contributed by atoms with Crippen LogP contribution in [0.5, 0.6) is 5.88 Å². The SMILES string of the molecule is Cn1c(OB(O)O)cc2c(Cl)nc(Cl)nc21. The van der Waals surface area contributed by atoms with Gasteiger partial charge in [-0.1, -0.05) is 11.6 Å². The molecule has 2 aromatic rings. The van der Waals surface area contributed by atoms with E-state index in [0.29, 0.717) is 11.0 Å². The van der Waals surface area contributed by atoms with Gasteiger partial charge in [-0.25, -0.2) is 4.98 Å². The van der Waals surface area contributed by atoms with Gasteiger partial charge in [0, 0.05) is 13.1 Å². The highest BCUT2D eigenvalue weighted by Crippen LogP contribution is 2.28. The van der Waals surface area contributed by atoms with Crippen molar-refractivity contribution in [3.05, 3.63) is 16.5 Å². The Morgan fingerprint density at radius 2 is 2.06 bits per heavy atom. The average molecular weight is 262 g/mol. The molecule has 2 rings (SSSR count).